The molecule has 0 fully saturated rings. The summed E-state index contributed by atoms with van der Waals surface area (Å²) >= 11 is 0. The number of nitrogens with zero attached hydrogens (tertiary/aromatic N) is 2. The van der Waals surface area contributed by atoms with E-state index in [4.69, 9.17) is 4.74 Å². The lowest BCUT2D eigenvalue weighted by atomic mass is 10.1. The average molecular weight is 352 g/mol. The van der Waals surface area contributed by atoms with Crippen LogP contribution in [0.25, 0.3) is 0 Å². The lowest BCUT2D eigenvalue weighted by molar-refractivity contribution is -0.207. The fourth-order valence-corrected chi connectivity index (χ4v) is 1.76. The summed E-state index contributed by atoms with van der Waals surface area (Å²) in [4.78, 5) is 6.91. The fourth-order valence-electron chi connectivity index (χ4n) is 1.76. The van der Waals surface area contributed by atoms with Crippen molar-refractivity contribution in [1.29, 1.82) is 0 Å². The lowest BCUT2D eigenvalue weighted by Crippen LogP contribution is -2.21. The van der Waals surface area contributed by atoms with Crippen LogP contribution in [0.4, 0.5) is 26.3 Å². The molecule has 2 aromatic rings. The predicted molar refractivity (Wildman–Crippen MR) is 68.8 cm³/mol. The minimum atomic E-state index is -4.93. The summed E-state index contributed by atoms with van der Waals surface area (Å²) in [5, 5.41) is 9.25. The van der Waals surface area contributed by atoms with Gasteiger partial charge in [0.05, 0.1) is 11.1 Å². The van der Waals surface area contributed by atoms with Gasteiger partial charge in [-0.1, -0.05) is 12.1 Å². The molecule has 1 unspecified atom stereocenters. The molecule has 4 nitrogen and oxygen atoms in total. The number of hydrogen-bond acceptors (Lipinski definition) is 4. The van der Waals surface area contributed by atoms with Gasteiger partial charge in [0.15, 0.2) is 6.10 Å². The molecule has 1 N–H and O–H groups in total. The third-order valence-electron chi connectivity index (χ3n) is 2.96. The Morgan fingerprint density at radius 1 is 1.04 bits per heavy atom. The molecule has 1 aromatic carbocycles. The van der Waals surface area contributed by atoms with Crippen molar-refractivity contribution < 1.29 is 36.2 Å². The highest BCUT2D eigenvalue weighted by atomic mass is 19.4. The SMILES string of the molecule is OC(c1cncnc1OCc1ccc(C(F)(F)F)cc1)C(F)(F)F. The van der Waals surface area contributed by atoms with E-state index >= 15 is 0 Å². The molecular weight excluding hydrogens is 342 g/mol. The highest BCUT2D eigenvalue weighted by Gasteiger charge is 2.41. The van der Waals surface area contributed by atoms with Gasteiger partial charge in [-0.15, -0.1) is 0 Å². The van der Waals surface area contributed by atoms with Gasteiger partial charge in [-0.3, -0.25) is 0 Å². The van der Waals surface area contributed by atoms with E-state index in [1.54, 1.807) is 0 Å². The van der Waals surface area contributed by atoms with E-state index in [-0.39, 0.29) is 12.2 Å². The lowest BCUT2D eigenvalue weighted by Gasteiger charge is -2.17. The largest absolute Gasteiger partial charge is 0.472 e. The summed E-state index contributed by atoms with van der Waals surface area (Å²) in [5.41, 5.74) is -1.26. The van der Waals surface area contributed by atoms with Crippen molar-refractivity contribution in [2.24, 2.45) is 0 Å². The maximum Gasteiger partial charge on any atom is 0.418 e. The molecule has 1 heterocycles. The van der Waals surface area contributed by atoms with Crippen LogP contribution in [0.2, 0.25) is 0 Å². The zero-order valence-corrected chi connectivity index (χ0v) is 11.8. The minimum Gasteiger partial charge on any atom is -0.472 e. The summed E-state index contributed by atoms with van der Waals surface area (Å²) in [7, 11) is 0. The summed E-state index contributed by atoms with van der Waals surface area (Å²) in [5.74, 6) is -0.505. The number of aliphatic hydroxyl groups is 1. The van der Waals surface area contributed by atoms with Crippen molar-refractivity contribution in [3.05, 3.63) is 53.5 Å². The second-order valence-electron chi connectivity index (χ2n) is 4.71. The third-order valence-corrected chi connectivity index (χ3v) is 2.96. The third kappa shape index (κ3) is 4.34. The molecule has 0 saturated heterocycles. The molecule has 10 heteroatoms. The number of alkyl halides is 6. The first kappa shape index (κ1) is 18.0. The van der Waals surface area contributed by atoms with Gasteiger partial charge in [-0.05, 0) is 17.7 Å². The summed E-state index contributed by atoms with van der Waals surface area (Å²) in [6.45, 7) is -0.327. The van der Waals surface area contributed by atoms with Crippen molar-refractivity contribution in [2.45, 2.75) is 25.1 Å². The monoisotopic (exact) mass is 352 g/mol. The van der Waals surface area contributed by atoms with E-state index < -0.39 is 35.5 Å². The summed E-state index contributed by atoms with van der Waals surface area (Å²) in [6.07, 6.45) is -10.6. The van der Waals surface area contributed by atoms with Crippen molar-refractivity contribution >= 4 is 0 Å². The highest BCUT2D eigenvalue weighted by Crippen LogP contribution is 2.36. The van der Waals surface area contributed by atoms with E-state index in [9.17, 15) is 31.4 Å². The summed E-state index contributed by atoms with van der Waals surface area (Å²) < 4.78 is 80.1. The first-order valence-electron chi connectivity index (χ1n) is 6.42. The first-order valence-corrected chi connectivity index (χ1v) is 6.42. The van der Waals surface area contributed by atoms with Crippen LogP contribution >= 0.6 is 0 Å². The van der Waals surface area contributed by atoms with Crippen LogP contribution in [0.15, 0.2) is 36.8 Å². The minimum absolute atomic E-state index is 0.286. The predicted octanol–water partition coefficient (Wildman–Crippen LogP) is 3.67. The molecule has 0 bridgehead atoms. The van der Waals surface area contributed by atoms with Crippen LogP contribution in [0.1, 0.15) is 22.8 Å². The molecule has 0 radical (unpaired) electrons. The van der Waals surface area contributed by atoms with E-state index in [0.717, 1.165) is 36.8 Å². The van der Waals surface area contributed by atoms with Gasteiger partial charge in [0, 0.05) is 6.20 Å². The number of benzene rings is 1. The van der Waals surface area contributed by atoms with Gasteiger partial charge in [-0.2, -0.15) is 26.3 Å². The van der Waals surface area contributed by atoms with E-state index in [1.165, 1.54) is 0 Å². The van der Waals surface area contributed by atoms with Crippen LogP contribution in [-0.4, -0.2) is 21.3 Å². The Morgan fingerprint density at radius 2 is 1.67 bits per heavy atom. The first-order chi connectivity index (χ1) is 11.1. The number of halogens is 6. The maximum atomic E-state index is 12.6. The molecular formula is C14H10F6N2O2. The van der Waals surface area contributed by atoms with Crippen molar-refractivity contribution in [3.63, 3.8) is 0 Å². The quantitative estimate of drug-likeness (QED) is 0.853. The zero-order valence-electron chi connectivity index (χ0n) is 11.8. The standard InChI is InChI=1S/C14H10F6N2O2/c15-13(16,17)9-3-1-8(2-4-9)6-24-12-10(5-21-7-22-12)11(23)14(18,19)20/h1-5,7,11,23H,6H2. The number of aromatic nitrogens is 2. The normalized spacial score (nSPS) is 13.6. The molecule has 0 saturated carbocycles. The van der Waals surface area contributed by atoms with Gasteiger partial charge in [-0.25, -0.2) is 9.97 Å². The Labute approximate surface area is 131 Å². The second kappa shape index (κ2) is 6.63. The van der Waals surface area contributed by atoms with Gasteiger partial charge in [0.2, 0.25) is 5.88 Å². The number of aliphatic hydroxyl groups excluding tert-OH is 1. The molecule has 1 aromatic heterocycles. The van der Waals surface area contributed by atoms with Gasteiger partial charge in [0.25, 0.3) is 0 Å². The van der Waals surface area contributed by atoms with Crippen LogP contribution in [0.3, 0.4) is 0 Å². The Kier molecular flexibility index (Phi) is 4.97. The van der Waals surface area contributed by atoms with Crippen molar-refractivity contribution in [1.82, 2.24) is 9.97 Å². The zero-order chi connectivity index (χ0) is 18.0. The fraction of sp³-hybridized carbons (Fsp3) is 0.286. The molecule has 1 atom stereocenters. The average Bonchev–Trinajstić information content (AvgIpc) is 2.51. The molecule has 24 heavy (non-hydrogen) atoms. The molecule has 0 aliphatic rings. The van der Waals surface area contributed by atoms with E-state index in [2.05, 4.69) is 9.97 Å². The van der Waals surface area contributed by atoms with Crippen LogP contribution in [0.5, 0.6) is 5.88 Å². The number of ether oxygens (including phenoxy) is 1. The highest BCUT2D eigenvalue weighted by molar-refractivity contribution is 5.28. The molecule has 130 valence electrons. The number of rotatable bonds is 4. The van der Waals surface area contributed by atoms with Crippen LogP contribution in [-0.2, 0) is 12.8 Å². The molecule has 2 rings (SSSR count). The van der Waals surface area contributed by atoms with Gasteiger partial charge < -0.3 is 9.84 Å². The number of hydrogen-bond donors (Lipinski definition) is 1. The maximum absolute atomic E-state index is 12.6. The smallest absolute Gasteiger partial charge is 0.418 e. The summed E-state index contributed by atoms with van der Waals surface area (Å²) in [6, 6.07) is 3.90. The topological polar surface area (TPSA) is 55.2 Å². The van der Waals surface area contributed by atoms with Crippen LogP contribution in [0, 0.1) is 0 Å². The second-order valence-corrected chi connectivity index (χ2v) is 4.71. The molecule has 0 aliphatic carbocycles. The molecule has 0 aliphatic heterocycles. The Bertz CT molecular complexity index is 685. The van der Waals surface area contributed by atoms with Gasteiger partial charge >= 0.3 is 12.4 Å². The van der Waals surface area contributed by atoms with Gasteiger partial charge in [0.1, 0.15) is 12.9 Å². The van der Waals surface area contributed by atoms with Crippen molar-refractivity contribution in [3.8, 4) is 5.88 Å². The molecule has 0 spiro atoms. The van der Waals surface area contributed by atoms with E-state index in [1.807, 2.05) is 0 Å². The van der Waals surface area contributed by atoms with Crippen LogP contribution < -0.4 is 4.74 Å². The van der Waals surface area contributed by atoms with E-state index in [0.29, 0.717) is 0 Å². The Morgan fingerprint density at radius 3 is 2.21 bits per heavy atom. The Balaban J connectivity index is 2.13. The van der Waals surface area contributed by atoms with Crippen molar-refractivity contribution in [2.75, 3.05) is 0 Å². The molecule has 0 amide bonds. The Hall–Kier alpha value is -2.36.